The molecule has 2 amide bonds. The molecular weight excluding hydrogens is 320 g/mol. The van der Waals surface area contributed by atoms with Crippen molar-refractivity contribution in [2.24, 2.45) is 0 Å². The second-order valence-corrected chi connectivity index (χ2v) is 5.41. The molecule has 0 aliphatic carbocycles. The molecule has 6 heteroatoms. The number of amides is 2. The van der Waals surface area contributed by atoms with Gasteiger partial charge in [-0.05, 0) is 34.5 Å². The molecule has 0 bridgehead atoms. The van der Waals surface area contributed by atoms with Crippen molar-refractivity contribution in [1.29, 1.82) is 0 Å². The van der Waals surface area contributed by atoms with Gasteiger partial charge in [0.2, 0.25) is 11.8 Å². The second kappa shape index (κ2) is 5.28. The highest BCUT2D eigenvalue weighted by atomic mass is 79.9. The highest BCUT2D eigenvalue weighted by Gasteiger charge is 2.33. The zero-order chi connectivity index (χ0) is 13.3. The fourth-order valence-electron chi connectivity index (χ4n) is 1.93. The van der Waals surface area contributed by atoms with Gasteiger partial charge < -0.3 is 10.2 Å². The number of anilines is 1. The van der Waals surface area contributed by atoms with E-state index in [-0.39, 0.29) is 11.8 Å². The first kappa shape index (κ1) is 13.4. The molecule has 1 aromatic carbocycles. The molecule has 0 spiro atoms. The third-order valence-electron chi connectivity index (χ3n) is 3.01. The molecule has 1 atom stereocenters. The first-order valence-electron chi connectivity index (χ1n) is 5.51. The van der Waals surface area contributed by atoms with Crippen molar-refractivity contribution in [3.63, 3.8) is 0 Å². The molecule has 0 aromatic heterocycles. The van der Waals surface area contributed by atoms with Crippen LogP contribution in [0, 0.1) is 0 Å². The fraction of sp³-hybridized carbons (Fsp3) is 0.333. The number of halogens is 2. The van der Waals surface area contributed by atoms with E-state index in [1.165, 1.54) is 4.90 Å². The SMILES string of the molecule is CN1C(=O)CC[C@@H]1C(=O)Nc1c(Cl)cccc1Br. The molecule has 1 saturated heterocycles. The van der Waals surface area contributed by atoms with Gasteiger partial charge in [-0.2, -0.15) is 0 Å². The van der Waals surface area contributed by atoms with Crippen molar-refractivity contribution in [2.75, 3.05) is 12.4 Å². The molecule has 0 saturated carbocycles. The van der Waals surface area contributed by atoms with E-state index in [9.17, 15) is 9.59 Å². The molecule has 1 aliphatic rings. The Morgan fingerprint density at radius 2 is 2.28 bits per heavy atom. The molecule has 0 radical (unpaired) electrons. The Labute approximate surface area is 118 Å². The minimum atomic E-state index is -0.416. The Hall–Kier alpha value is -1.07. The van der Waals surface area contributed by atoms with Crippen molar-refractivity contribution in [3.05, 3.63) is 27.7 Å². The van der Waals surface area contributed by atoms with Crippen molar-refractivity contribution in [2.45, 2.75) is 18.9 Å². The molecule has 1 N–H and O–H groups in total. The maximum Gasteiger partial charge on any atom is 0.247 e. The van der Waals surface area contributed by atoms with E-state index in [2.05, 4.69) is 21.2 Å². The highest BCUT2D eigenvalue weighted by Crippen LogP contribution is 2.31. The van der Waals surface area contributed by atoms with Crippen molar-refractivity contribution in [1.82, 2.24) is 4.90 Å². The number of rotatable bonds is 2. The van der Waals surface area contributed by atoms with Gasteiger partial charge in [0.25, 0.3) is 0 Å². The molecule has 2 rings (SSSR count). The number of nitrogens with zero attached hydrogens (tertiary/aromatic N) is 1. The summed E-state index contributed by atoms with van der Waals surface area (Å²) in [5, 5.41) is 3.22. The quantitative estimate of drug-likeness (QED) is 0.906. The van der Waals surface area contributed by atoms with Crippen LogP contribution in [0.15, 0.2) is 22.7 Å². The van der Waals surface area contributed by atoms with Crippen molar-refractivity contribution >= 4 is 45.0 Å². The summed E-state index contributed by atoms with van der Waals surface area (Å²) >= 11 is 9.35. The van der Waals surface area contributed by atoms with Crippen LogP contribution in [0.4, 0.5) is 5.69 Å². The van der Waals surface area contributed by atoms with Crippen LogP contribution in [-0.4, -0.2) is 29.8 Å². The van der Waals surface area contributed by atoms with Gasteiger partial charge in [-0.3, -0.25) is 9.59 Å². The Morgan fingerprint density at radius 1 is 1.56 bits per heavy atom. The summed E-state index contributed by atoms with van der Waals surface area (Å²) in [5.74, 6) is -0.217. The molecule has 1 heterocycles. The highest BCUT2D eigenvalue weighted by molar-refractivity contribution is 9.10. The van der Waals surface area contributed by atoms with Crippen molar-refractivity contribution < 1.29 is 9.59 Å². The maximum absolute atomic E-state index is 12.1. The number of benzene rings is 1. The fourth-order valence-corrected chi connectivity index (χ4v) is 2.74. The van der Waals surface area contributed by atoms with Crippen LogP contribution in [0.2, 0.25) is 5.02 Å². The third-order valence-corrected chi connectivity index (χ3v) is 3.98. The lowest BCUT2D eigenvalue weighted by Crippen LogP contribution is -2.39. The minimum absolute atomic E-state index is 0.00613. The van der Waals surface area contributed by atoms with Crippen LogP contribution in [0.3, 0.4) is 0 Å². The molecule has 1 fully saturated rings. The van der Waals surface area contributed by atoms with Gasteiger partial charge in [0.05, 0.1) is 10.7 Å². The van der Waals surface area contributed by atoms with Crippen molar-refractivity contribution in [3.8, 4) is 0 Å². The average molecular weight is 332 g/mol. The predicted molar refractivity (Wildman–Crippen MR) is 73.6 cm³/mol. The van der Waals surface area contributed by atoms with Crippen LogP contribution in [0.1, 0.15) is 12.8 Å². The molecule has 1 aliphatic heterocycles. The van der Waals surface area contributed by atoms with E-state index in [4.69, 9.17) is 11.6 Å². The van der Waals surface area contributed by atoms with Crippen LogP contribution < -0.4 is 5.32 Å². The molecule has 18 heavy (non-hydrogen) atoms. The van der Waals surface area contributed by atoms with E-state index >= 15 is 0 Å². The average Bonchev–Trinajstić information content (AvgIpc) is 2.65. The number of carbonyl (C=O) groups excluding carboxylic acids is 2. The van der Waals surface area contributed by atoms with E-state index in [0.29, 0.717) is 23.6 Å². The van der Waals surface area contributed by atoms with Gasteiger partial charge in [0.15, 0.2) is 0 Å². The van der Waals surface area contributed by atoms with Gasteiger partial charge in [-0.15, -0.1) is 0 Å². The topological polar surface area (TPSA) is 49.4 Å². The minimum Gasteiger partial charge on any atom is -0.334 e. The summed E-state index contributed by atoms with van der Waals surface area (Å²) in [6.07, 6.45) is 0.960. The van der Waals surface area contributed by atoms with E-state index in [0.717, 1.165) is 4.47 Å². The third kappa shape index (κ3) is 2.52. The largest absolute Gasteiger partial charge is 0.334 e. The van der Waals surface area contributed by atoms with Gasteiger partial charge in [0.1, 0.15) is 6.04 Å². The summed E-state index contributed by atoms with van der Waals surface area (Å²) < 4.78 is 0.718. The lowest BCUT2D eigenvalue weighted by Gasteiger charge is -2.19. The molecule has 1 aromatic rings. The standard InChI is InChI=1S/C12H12BrClN2O2/c1-16-9(5-6-10(16)17)12(18)15-11-7(13)3-2-4-8(11)14/h2-4,9H,5-6H2,1H3,(H,15,18)/t9-/m1/s1. The number of hydrogen-bond acceptors (Lipinski definition) is 2. The Kier molecular flexibility index (Phi) is 3.92. The summed E-state index contributed by atoms with van der Waals surface area (Å²) in [6, 6.07) is 4.87. The van der Waals surface area contributed by atoms with E-state index in [1.54, 1.807) is 25.2 Å². The maximum atomic E-state index is 12.1. The molecular formula is C12H12BrClN2O2. The Balaban J connectivity index is 2.15. The number of para-hydroxylation sites is 1. The zero-order valence-electron chi connectivity index (χ0n) is 9.74. The zero-order valence-corrected chi connectivity index (χ0v) is 12.1. The normalized spacial score (nSPS) is 19.2. The Morgan fingerprint density at radius 3 is 2.83 bits per heavy atom. The van der Waals surface area contributed by atoms with E-state index in [1.807, 2.05) is 0 Å². The molecule has 4 nitrogen and oxygen atoms in total. The lowest BCUT2D eigenvalue weighted by atomic mass is 10.2. The van der Waals surface area contributed by atoms with Crippen LogP contribution >= 0.6 is 27.5 Å². The summed E-state index contributed by atoms with van der Waals surface area (Å²) in [5.41, 5.74) is 0.539. The van der Waals surface area contributed by atoms with Gasteiger partial charge >= 0.3 is 0 Å². The number of nitrogens with one attached hydrogen (secondary N) is 1. The number of likely N-dealkylation sites (tertiary alicyclic amines) is 1. The van der Waals surface area contributed by atoms with Crippen LogP contribution in [0.25, 0.3) is 0 Å². The lowest BCUT2D eigenvalue weighted by molar-refractivity contribution is -0.131. The van der Waals surface area contributed by atoms with Gasteiger partial charge in [-0.25, -0.2) is 0 Å². The first-order chi connectivity index (χ1) is 8.50. The number of hydrogen-bond donors (Lipinski definition) is 1. The predicted octanol–water partition coefficient (Wildman–Crippen LogP) is 2.66. The Bertz CT molecular complexity index is 487. The summed E-state index contributed by atoms with van der Waals surface area (Å²) in [4.78, 5) is 24.9. The summed E-state index contributed by atoms with van der Waals surface area (Å²) in [7, 11) is 1.64. The monoisotopic (exact) mass is 330 g/mol. The van der Waals surface area contributed by atoms with Gasteiger partial charge in [-0.1, -0.05) is 17.7 Å². The van der Waals surface area contributed by atoms with Crippen LogP contribution in [-0.2, 0) is 9.59 Å². The van der Waals surface area contributed by atoms with Crippen LogP contribution in [0.5, 0.6) is 0 Å². The number of carbonyl (C=O) groups is 2. The smallest absolute Gasteiger partial charge is 0.247 e. The van der Waals surface area contributed by atoms with E-state index < -0.39 is 6.04 Å². The summed E-state index contributed by atoms with van der Waals surface area (Å²) in [6.45, 7) is 0. The number of likely N-dealkylation sites (N-methyl/N-ethyl adjacent to an activating group) is 1. The first-order valence-corrected chi connectivity index (χ1v) is 6.68. The van der Waals surface area contributed by atoms with Gasteiger partial charge in [0, 0.05) is 17.9 Å². The second-order valence-electron chi connectivity index (χ2n) is 4.15. The molecule has 0 unspecified atom stereocenters. The molecule has 96 valence electrons.